The third kappa shape index (κ3) is 2.36. The van der Waals surface area contributed by atoms with Gasteiger partial charge in [0.2, 0.25) is 17.7 Å². The lowest BCUT2D eigenvalue weighted by Gasteiger charge is -2.36. The fourth-order valence-corrected chi connectivity index (χ4v) is 6.75. The molecule has 4 atom stereocenters. The molecule has 8 heteroatoms. The molecular formula is C25H24ClN3O4. The zero-order chi connectivity index (χ0) is 23.2. The predicted molar refractivity (Wildman–Crippen MR) is 123 cm³/mol. The van der Waals surface area contributed by atoms with Gasteiger partial charge in [-0.25, -0.2) is 4.90 Å². The van der Waals surface area contributed by atoms with Gasteiger partial charge in [0.05, 0.1) is 24.6 Å². The number of ether oxygens (including phenoxy) is 1. The van der Waals surface area contributed by atoms with Crippen LogP contribution in [0.25, 0.3) is 0 Å². The van der Waals surface area contributed by atoms with Gasteiger partial charge in [-0.3, -0.25) is 19.3 Å². The van der Waals surface area contributed by atoms with E-state index in [9.17, 15) is 14.4 Å². The number of nitrogens with one attached hydrogen (secondary N) is 1. The van der Waals surface area contributed by atoms with Crippen LogP contribution in [0.4, 0.5) is 11.4 Å². The Kier molecular flexibility index (Phi) is 4.27. The first-order chi connectivity index (χ1) is 15.8. The molecule has 1 spiro atoms. The highest BCUT2D eigenvalue weighted by Crippen LogP contribution is 2.61. The van der Waals surface area contributed by atoms with Crippen molar-refractivity contribution in [3.8, 4) is 5.75 Å². The Hall–Kier alpha value is -2.90. The Bertz CT molecular complexity index is 1260. The number of benzene rings is 2. The van der Waals surface area contributed by atoms with Gasteiger partial charge in [-0.15, -0.1) is 0 Å². The van der Waals surface area contributed by atoms with Crippen LogP contribution in [0, 0.1) is 25.7 Å². The summed E-state index contributed by atoms with van der Waals surface area (Å²) >= 11 is 6.27. The van der Waals surface area contributed by atoms with Crippen molar-refractivity contribution >= 4 is 40.7 Å². The van der Waals surface area contributed by atoms with E-state index < -0.39 is 17.4 Å². The molecule has 0 unspecified atom stereocenters. The molecular weight excluding hydrogens is 442 g/mol. The lowest BCUT2D eigenvalue weighted by atomic mass is 9.75. The second-order valence-corrected chi connectivity index (χ2v) is 9.82. The molecule has 3 fully saturated rings. The standard InChI is InChI=1S/C25H24ClN3O4/c1-12-6-4-7-14-21(12)27-24(32)25(14)20-19(16-8-5-9-28(16)25)22(30)29(23(20)31)17-10-13(2)15(26)11-18(17)33-3/h4,6-7,10-11,16,19-20H,5,8-9H2,1-3H3,(H,27,32)/t16-,19+,20+,25-/m0/s1. The van der Waals surface area contributed by atoms with Crippen molar-refractivity contribution in [2.75, 3.05) is 23.9 Å². The van der Waals surface area contributed by atoms with Crippen molar-refractivity contribution in [1.29, 1.82) is 0 Å². The fraction of sp³-hybridized carbons (Fsp3) is 0.400. The summed E-state index contributed by atoms with van der Waals surface area (Å²) in [6, 6.07) is 8.96. The Labute approximate surface area is 196 Å². The second-order valence-electron chi connectivity index (χ2n) is 9.41. The first-order valence-corrected chi connectivity index (χ1v) is 11.6. The summed E-state index contributed by atoms with van der Waals surface area (Å²) in [7, 11) is 1.49. The van der Waals surface area contributed by atoms with Crippen molar-refractivity contribution in [3.63, 3.8) is 0 Å². The molecule has 7 nitrogen and oxygen atoms in total. The van der Waals surface area contributed by atoms with Crippen molar-refractivity contribution in [2.45, 2.75) is 38.3 Å². The molecule has 3 amide bonds. The van der Waals surface area contributed by atoms with E-state index >= 15 is 0 Å². The van der Waals surface area contributed by atoms with E-state index in [1.807, 2.05) is 32.0 Å². The molecule has 0 saturated carbocycles. The van der Waals surface area contributed by atoms with Gasteiger partial charge >= 0.3 is 0 Å². The molecule has 0 radical (unpaired) electrons. The maximum Gasteiger partial charge on any atom is 0.250 e. The summed E-state index contributed by atoms with van der Waals surface area (Å²) < 4.78 is 5.49. The summed E-state index contributed by atoms with van der Waals surface area (Å²) in [5.74, 6) is -1.86. The Balaban J connectivity index is 1.57. The number of nitrogens with zero attached hydrogens (tertiary/aromatic N) is 2. The molecule has 33 heavy (non-hydrogen) atoms. The van der Waals surface area contributed by atoms with E-state index in [0.29, 0.717) is 23.0 Å². The molecule has 0 aromatic heterocycles. The summed E-state index contributed by atoms with van der Waals surface area (Å²) in [4.78, 5) is 45.1. The molecule has 2 aromatic carbocycles. The number of hydrogen-bond acceptors (Lipinski definition) is 5. The van der Waals surface area contributed by atoms with Crippen molar-refractivity contribution < 1.29 is 19.1 Å². The average molecular weight is 466 g/mol. The maximum absolute atomic E-state index is 14.1. The third-order valence-electron chi connectivity index (χ3n) is 7.94. The molecule has 0 aliphatic carbocycles. The number of fused-ring (bicyclic) bond motifs is 7. The van der Waals surface area contributed by atoms with Gasteiger partial charge < -0.3 is 10.1 Å². The number of imide groups is 1. The third-order valence-corrected chi connectivity index (χ3v) is 8.34. The van der Waals surface area contributed by atoms with Crippen LogP contribution in [0.5, 0.6) is 5.75 Å². The molecule has 170 valence electrons. The van der Waals surface area contributed by atoms with Crippen LogP contribution < -0.4 is 15.0 Å². The van der Waals surface area contributed by atoms with Crippen molar-refractivity contribution in [3.05, 3.63) is 52.0 Å². The molecule has 4 heterocycles. The molecule has 6 rings (SSSR count). The van der Waals surface area contributed by atoms with Crippen molar-refractivity contribution in [2.24, 2.45) is 11.8 Å². The number of carbonyl (C=O) groups excluding carboxylic acids is 3. The second kappa shape index (κ2) is 6.81. The topological polar surface area (TPSA) is 79.0 Å². The van der Waals surface area contributed by atoms with Gasteiger partial charge in [0, 0.05) is 28.4 Å². The summed E-state index contributed by atoms with van der Waals surface area (Å²) in [5, 5.41) is 3.54. The van der Waals surface area contributed by atoms with Crippen LogP contribution in [0.1, 0.15) is 29.5 Å². The van der Waals surface area contributed by atoms with Crippen LogP contribution in [0.15, 0.2) is 30.3 Å². The first-order valence-electron chi connectivity index (χ1n) is 11.2. The van der Waals surface area contributed by atoms with E-state index in [0.717, 1.165) is 35.2 Å². The highest BCUT2D eigenvalue weighted by atomic mass is 35.5. The minimum Gasteiger partial charge on any atom is -0.495 e. The van der Waals surface area contributed by atoms with Crippen LogP contribution >= 0.6 is 11.6 Å². The molecule has 1 N–H and O–H groups in total. The molecule has 4 aliphatic heterocycles. The quantitative estimate of drug-likeness (QED) is 0.688. The Morgan fingerprint density at radius 1 is 1.12 bits per heavy atom. The van der Waals surface area contributed by atoms with Gasteiger partial charge in [0.1, 0.15) is 11.3 Å². The molecule has 2 aromatic rings. The van der Waals surface area contributed by atoms with E-state index in [1.165, 1.54) is 12.0 Å². The highest BCUT2D eigenvalue weighted by Gasteiger charge is 2.74. The van der Waals surface area contributed by atoms with E-state index in [1.54, 1.807) is 12.1 Å². The predicted octanol–water partition coefficient (Wildman–Crippen LogP) is 3.40. The number of methoxy groups -OCH3 is 1. The number of amides is 3. The lowest BCUT2D eigenvalue weighted by Crippen LogP contribution is -2.54. The van der Waals surface area contributed by atoms with Crippen LogP contribution in [0.3, 0.4) is 0 Å². The zero-order valence-corrected chi connectivity index (χ0v) is 19.4. The first kappa shape index (κ1) is 20.7. The number of anilines is 2. The van der Waals surface area contributed by atoms with Gasteiger partial charge in [-0.1, -0.05) is 29.8 Å². The zero-order valence-electron chi connectivity index (χ0n) is 18.6. The van der Waals surface area contributed by atoms with Crippen LogP contribution in [-0.2, 0) is 19.9 Å². The Morgan fingerprint density at radius 3 is 2.67 bits per heavy atom. The van der Waals surface area contributed by atoms with Gasteiger partial charge in [-0.05, 0) is 50.4 Å². The number of aryl methyl sites for hydroxylation is 2. The largest absolute Gasteiger partial charge is 0.495 e. The van der Waals surface area contributed by atoms with Crippen LogP contribution in [0.2, 0.25) is 5.02 Å². The summed E-state index contributed by atoms with van der Waals surface area (Å²) in [6.45, 7) is 4.45. The molecule has 3 saturated heterocycles. The van der Waals surface area contributed by atoms with Gasteiger partial charge in [0.25, 0.3) is 0 Å². The number of hydrogen-bond donors (Lipinski definition) is 1. The highest BCUT2D eigenvalue weighted by molar-refractivity contribution is 6.32. The maximum atomic E-state index is 14.1. The number of carbonyl (C=O) groups is 3. The fourth-order valence-electron chi connectivity index (χ4n) is 6.60. The van der Waals surface area contributed by atoms with Crippen LogP contribution in [-0.4, -0.2) is 42.3 Å². The normalized spacial score (nSPS) is 30.1. The SMILES string of the molecule is COc1cc(Cl)c(C)cc1N1C(=O)[C@@H]2[C@@H]3CCCN3[C@]3(C(=O)Nc4c(C)cccc43)[C@H]2C1=O. The number of halogens is 1. The van der Waals surface area contributed by atoms with E-state index in [2.05, 4.69) is 10.2 Å². The lowest BCUT2D eigenvalue weighted by molar-refractivity contribution is -0.135. The smallest absolute Gasteiger partial charge is 0.250 e. The number of rotatable bonds is 2. The molecule has 0 bridgehead atoms. The Morgan fingerprint density at radius 2 is 1.91 bits per heavy atom. The monoisotopic (exact) mass is 465 g/mol. The van der Waals surface area contributed by atoms with Crippen molar-refractivity contribution in [1.82, 2.24) is 4.90 Å². The van der Waals surface area contributed by atoms with E-state index in [4.69, 9.17) is 16.3 Å². The minimum absolute atomic E-state index is 0.159. The summed E-state index contributed by atoms with van der Waals surface area (Å²) in [5.41, 5.74) is 2.44. The minimum atomic E-state index is -1.18. The average Bonchev–Trinajstić information content (AvgIpc) is 3.49. The summed E-state index contributed by atoms with van der Waals surface area (Å²) in [6.07, 6.45) is 1.66. The van der Waals surface area contributed by atoms with E-state index in [-0.39, 0.29) is 23.8 Å². The number of para-hydroxylation sites is 1. The van der Waals surface area contributed by atoms with Gasteiger partial charge in [-0.2, -0.15) is 0 Å². The van der Waals surface area contributed by atoms with Gasteiger partial charge in [0.15, 0.2) is 0 Å². The molecule has 4 aliphatic rings.